The average molecular weight is 373 g/mol. The van der Waals surface area contributed by atoms with Gasteiger partial charge in [0, 0.05) is 48.2 Å². The molecule has 0 amide bonds. The lowest BCUT2D eigenvalue weighted by molar-refractivity contribution is 0.146. The smallest absolute Gasteiger partial charge is 0.0758 e. The van der Waals surface area contributed by atoms with Crippen LogP contribution in [0.4, 0.5) is 0 Å². The fourth-order valence-electron chi connectivity index (χ4n) is 2.66. The summed E-state index contributed by atoms with van der Waals surface area (Å²) in [6, 6.07) is 8.17. The number of β-amino-alcohol motifs (C(OH)–C–C–N with tert-alkyl or cyclic N) is 1. The fourth-order valence-corrected chi connectivity index (χ4v) is 3.11. The first-order valence-electron chi connectivity index (χ1n) is 6.87. The van der Waals surface area contributed by atoms with Gasteiger partial charge < -0.3 is 15.7 Å². The molecule has 114 valence electrons. The van der Waals surface area contributed by atoms with Crippen molar-refractivity contribution in [3.8, 4) is 0 Å². The van der Waals surface area contributed by atoms with E-state index in [1.54, 1.807) is 0 Å². The molecule has 0 spiro atoms. The van der Waals surface area contributed by atoms with E-state index in [1.165, 1.54) is 5.56 Å². The summed E-state index contributed by atoms with van der Waals surface area (Å²) in [7, 11) is 0. The van der Waals surface area contributed by atoms with Crippen LogP contribution in [0.5, 0.6) is 0 Å². The Bertz CT molecular complexity index is 610. The van der Waals surface area contributed by atoms with Crippen LogP contribution in [0.2, 0.25) is 0 Å². The summed E-state index contributed by atoms with van der Waals surface area (Å²) in [5.74, 6) is 0.296. The highest BCUT2D eigenvalue weighted by atomic mass is 79.9. The van der Waals surface area contributed by atoms with Gasteiger partial charge in [0.15, 0.2) is 0 Å². The first-order valence-corrected chi connectivity index (χ1v) is 7.66. The van der Waals surface area contributed by atoms with Crippen molar-refractivity contribution < 1.29 is 5.11 Å². The molecule has 1 fully saturated rings. The Morgan fingerprint density at radius 1 is 1.33 bits per heavy atom. The summed E-state index contributed by atoms with van der Waals surface area (Å²) in [5, 5.41) is 17.5. The Balaban J connectivity index is 0.00000161. The van der Waals surface area contributed by atoms with Crippen molar-refractivity contribution in [3.63, 3.8) is 0 Å². The van der Waals surface area contributed by atoms with Crippen LogP contribution in [0.25, 0.3) is 10.9 Å². The summed E-state index contributed by atoms with van der Waals surface area (Å²) in [5.41, 5.74) is 2.21. The van der Waals surface area contributed by atoms with E-state index in [0.29, 0.717) is 12.5 Å². The van der Waals surface area contributed by atoms with Gasteiger partial charge in [-0.15, -0.1) is 12.4 Å². The third-order valence-electron chi connectivity index (χ3n) is 3.83. The van der Waals surface area contributed by atoms with Gasteiger partial charge in [-0.25, -0.2) is 0 Å². The molecule has 2 unspecified atom stereocenters. The molecule has 0 bridgehead atoms. The summed E-state index contributed by atoms with van der Waals surface area (Å²) in [6.45, 7) is 3.17. The number of hydrogen-bond acceptors (Lipinski definition) is 4. The second kappa shape index (κ2) is 7.51. The lowest BCUT2D eigenvalue weighted by Crippen LogP contribution is -2.30. The van der Waals surface area contributed by atoms with E-state index in [1.807, 2.05) is 12.3 Å². The molecule has 1 saturated heterocycles. The van der Waals surface area contributed by atoms with Crippen molar-refractivity contribution in [1.82, 2.24) is 15.6 Å². The predicted molar refractivity (Wildman–Crippen MR) is 90.8 cm³/mol. The zero-order valence-corrected chi connectivity index (χ0v) is 14.0. The number of aliphatic hydroxyl groups excluding tert-OH is 1. The van der Waals surface area contributed by atoms with Crippen LogP contribution in [0, 0.1) is 5.92 Å². The normalized spacial score (nSPS) is 21.4. The first kappa shape index (κ1) is 16.6. The van der Waals surface area contributed by atoms with Crippen LogP contribution in [0.3, 0.4) is 0 Å². The Labute approximate surface area is 138 Å². The van der Waals surface area contributed by atoms with E-state index < -0.39 is 0 Å². The van der Waals surface area contributed by atoms with Gasteiger partial charge in [-0.2, -0.15) is 0 Å². The molecule has 0 radical (unpaired) electrons. The number of nitrogens with one attached hydrogen (secondary N) is 2. The van der Waals surface area contributed by atoms with E-state index in [9.17, 15) is 5.11 Å². The van der Waals surface area contributed by atoms with Crippen LogP contribution < -0.4 is 10.6 Å². The third-order valence-corrected chi connectivity index (χ3v) is 4.52. The molecule has 3 N–H and O–H groups in total. The Morgan fingerprint density at radius 3 is 2.95 bits per heavy atom. The summed E-state index contributed by atoms with van der Waals surface area (Å²) < 4.78 is 1.07. The second-order valence-corrected chi connectivity index (χ2v) is 6.08. The topological polar surface area (TPSA) is 57.2 Å². The molecular weight excluding hydrogens is 354 g/mol. The molecule has 1 aliphatic rings. The van der Waals surface area contributed by atoms with Gasteiger partial charge >= 0.3 is 0 Å². The van der Waals surface area contributed by atoms with Crippen LogP contribution in [-0.4, -0.2) is 35.8 Å². The van der Waals surface area contributed by atoms with Crippen molar-refractivity contribution in [3.05, 3.63) is 40.5 Å². The maximum Gasteiger partial charge on any atom is 0.0758 e. The fraction of sp³-hybridized carbons (Fsp3) is 0.400. The molecule has 1 aromatic heterocycles. The van der Waals surface area contributed by atoms with Gasteiger partial charge in [-0.3, -0.25) is 4.98 Å². The van der Waals surface area contributed by atoms with Gasteiger partial charge in [-0.05, 0) is 17.7 Å². The molecular formula is C15H19BrClN3O. The minimum Gasteiger partial charge on any atom is -0.391 e. The van der Waals surface area contributed by atoms with Gasteiger partial charge in [0.1, 0.15) is 0 Å². The SMILES string of the molecule is Cl.OC1CNCC1CNCc1ccc(Br)c2cccnc12. The molecule has 1 aliphatic heterocycles. The van der Waals surface area contributed by atoms with E-state index in [0.717, 1.165) is 35.0 Å². The van der Waals surface area contributed by atoms with Crippen LogP contribution in [0.1, 0.15) is 5.56 Å². The molecule has 0 aliphatic carbocycles. The monoisotopic (exact) mass is 371 g/mol. The molecule has 1 aromatic carbocycles. The van der Waals surface area contributed by atoms with Crippen LogP contribution in [0.15, 0.2) is 34.9 Å². The largest absolute Gasteiger partial charge is 0.391 e. The first-order chi connectivity index (χ1) is 9.75. The summed E-state index contributed by atoms with van der Waals surface area (Å²) in [6.07, 6.45) is 1.59. The molecule has 0 saturated carbocycles. The highest BCUT2D eigenvalue weighted by molar-refractivity contribution is 9.10. The Hall–Kier alpha value is -0.720. The van der Waals surface area contributed by atoms with Crippen molar-refractivity contribution in [2.45, 2.75) is 12.6 Å². The maximum atomic E-state index is 9.77. The summed E-state index contributed by atoms with van der Waals surface area (Å²) in [4.78, 5) is 4.48. The van der Waals surface area contributed by atoms with Crippen molar-refractivity contribution in [2.75, 3.05) is 19.6 Å². The highest BCUT2D eigenvalue weighted by Crippen LogP contribution is 2.25. The molecule has 2 heterocycles. The quantitative estimate of drug-likeness (QED) is 0.769. The zero-order valence-electron chi connectivity index (χ0n) is 11.6. The standard InChI is InChI=1S/C15H18BrN3O.ClH/c16-13-4-3-10(15-12(13)2-1-5-19-15)6-17-7-11-8-18-9-14(11)20;/h1-5,11,14,17-18,20H,6-9H2;1H. The molecule has 2 atom stereocenters. The molecule has 21 heavy (non-hydrogen) atoms. The number of aliphatic hydroxyl groups is 1. The van der Waals surface area contributed by atoms with Crippen LogP contribution in [-0.2, 0) is 6.54 Å². The van der Waals surface area contributed by atoms with Crippen molar-refractivity contribution in [1.29, 1.82) is 0 Å². The van der Waals surface area contributed by atoms with E-state index >= 15 is 0 Å². The number of benzene rings is 1. The van der Waals surface area contributed by atoms with Crippen LogP contribution >= 0.6 is 28.3 Å². The van der Waals surface area contributed by atoms with Gasteiger partial charge in [-0.1, -0.05) is 28.1 Å². The minimum atomic E-state index is -0.234. The molecule has 6 heteroatoms. The third kappa shape index (κ3) is 3.73. The lowest BCUT2D eigenvalue weighted by atomic mass is 10.1. The number of halogens is 2. The van der Waals surface area contributed by atoms with E-state index in [-0.39, 0.29) is 18.5 Å². The number of nitrogens with zero attached hydrogens (tertiary/aromatic N) is 1. The number of rotatable bonds is 4. The minimum absolute atomic E-state index is 0. The molecule has 4 nitrogen and oxygen atoms in total. The molecule has 2 aromatic rings. The van der Waals surface area contributed by atoms with Gasteiger partial charge in [0.05, 0.1) is 11.6 Å². The molecule has 3 rings (SSSR count). The Kier molecular flexibility index (Phi) is 5.96. The predicted octanol–water partition coefficient (Wildman–Crippen LogP) is 2.09. The lowest BCUT2D eigenvalue weighted by Gasteiger charge is -2.15. The van der Waals surface area contributed by atoms with E-state index in [4.69, 9.17) is 0 Å². The van der Waals surface area contributed by atoms with Crippen molar-refractivity contribution in [2.24, 2.45) is 5.92 Å². The summed E-state index contributed by atoms with van der Waals surface area (Å²) >= 11 is 3.56. The Morgan fingerprint density at radius 2 is 2.19 bits per heavy atom. The zero-order chi connectivity index (χ0) is 13.9. The van der Waals surface area contributed by atoms with Crippen molar-refractivity contribution >= 4 is 39.2 Å². The maximum absolute atomic E-state index is 9.77. The number of pyridine rings is 1. The number of hydrogen-bond donors (Lipinski definition) is 3. The highest BCUT2D eigenvalue weighted by Gasteiger charge is 2.24. The van der Waals surface area contributed by atoms with E-state index in [2.05, 4.69) is 49.7 Å². The second-order valence-electron chi connectivity index (χ2n) is 5.22. The average Bonchev–Trinajstić information content (AvgIpc) is 2.87. The van der Waals surface area contributed by atoms with Gasteiger partial charge in [0.25, 0.3) is 0 Å². The number of aromatic nitrogens is 1. The number of fused-ring (bicyclic) bond motifs is 1. The van der Waals surface area contributed by atoms with Gasteiger partial charge in [0.2, 0.25) is 0 Å².